The Kier molecular flexibility index (Phi) is 6.25. The van der Waals surface area contributed by atoms with Gasteiger partial charge in [-0.2, -0.15) is 0 Å². The first kappa shape index (κ1) is 15.4. The van der Waals surface area contributed by atoms with Crippen molar-refractivity contribution >= 4 is 5.96 Å². The van der Waals surface area contributed by atoms with E-state index in [0.29, 0.717) is 30.5 Å². The third-order valence-electron chi connectivity index (χ3n) is 2.92. The molecule has 2 N–H and O–H groups in total. The molecule has 0 amide bonds. The molecule has 1 rings (SSSR count). The topological polar surface area (TPSA) is 36.4 Å². The molecule has 0 aromatic heterocycles. The minimum absolute atomic E-state index is 0.328. The summed E-state index contributed by atoms with van der Waals surface area (Å²) in [5.41, 5.74) is 0.493. The van der Waals surface area contributed by atoms with E-state index < -0.39 is 11.6 Å². The van der Waals surface area contributed by atoms with E-state index in [1.54, 1.807) is 7.05 Å². The average molecular weight is 269 g/mol. The molecule has 1 aromatic carbocycles. The summed E-state index contributed by atoms with van der Waals surface area (Å²) in [4.78, 5) is 4.08. The van der Waals surface area contributed by atoms with Crippen LogP contribution in [0.5, 0.6) is 0 Å². The second kappa shape index (κ2) is 7.71. The minimum atomic E-state index is -0.552. The van der Waals surface area contributed by atoms with Crippen molar-refractivity contribution in [1.82, 2.24) is 10.6 Å². The van der Waals surface area contributed by atoms with E-state index >= 15 is 0 Å². The molecule has 0 aliphatic rings. The van der Waals surface area contributed by atoms with Gasteiger partial charge in [-0.15, -0.1) is 0 Å². The summed E-state index contributed by atoms with van der Waals surface area (Å²) in [7, 11) is 1.69. The van der Waals surface area contributed by atoms with Gasteiger partial charge in [0.25, 0.3) is 0 Å². The van der Waals surface area contributed by atoms with E-state index in [9.17, 15) is 8.78 Å². The Hall–Kier alpha value is -1.65. The Labute approximate surface area is 113 Å². The number of benzene rings is 1. The summed E-state index contributed by atoms with van der Waals surface area (Å²) in [5, 5.41) is 6.31. The summed E-state index contributed by atoms with van der Waals surface area (Å²) < 4.78 is 26.2. The number of nitrogens with zero attached hydrogens (tertiary/aromatic N) is 1. The standard InChI is InChI=1S/C14H21F2N3/c1-4-10(2)19-14(17-3)18-8-7-11-5-6-12(15)9-13(11)16/h5-6,9-10H,4,7-8H2,1-3H3,(H2,17,18,19). The molecule has 106 valence electrons. The molecule has 1 unspecified atom stereocenters. The molecule has 0 spiro atoms. The van der Waals surface area contributed by atoms with Crippen LogP contribution >= 0.6 is 0 Å². The molecule has 0 saturated heterocycles. The largest absolute Gasteiger partial charge is 0.356 e. The number of guanidine groups is 1. The SMILES string of the molecule is CCC(C)NC(=NC)NCCc1ccc(F)cc1F. The van der Waals surface area contributed by atoms with Crippen molar-refractivity contribution < 1.29 is 8.78 Å². The fourth-order valence-electron chi connectivity index (χ4n) is 1.57. The van der Waals surface area contributed by atoms with Gasteiger partial charge in [-0.25, -0.2) is 8.78 Å². The lowest BCUT2D eigenvalue weighted by molar-refractivity contribution is 0.569. The first-order valence-electron chi connectivity index (χ1n) is 6.48. The van der Waals surface area contributed by atoms with Crippen LogP contribution in [0.3, 0.4) is 0 Å². The normalized spacial score (nSPS) is 13.2. The number of hydrogen-bond acceptors (Lipinski definition) is 1. The van der Waals surface area contributed by atoms with E-state index in [4.69, 9.17) is 0 Å². The Balaban J connectivity index is 2.44. The van der Waals surface area contributed by atoms with E-state index in [1.165, 1.54) is 12.1 Å². The van der Waals surface area contributed by atoms with Crippen molar-refractivity contribution in [3.8, 4) is 0 Å². The lowest BCUT2D eigenvalue weighted by atomic mass is 10.1. The highest BCUT2D eigenvalue weighted by Crippen LogP contribution is 2.09. The maximum atomic E-state index is 13.4. The van der Waals surface area contributed by atoms with Crippen LogP contribution in [0, 0.1) is 11.6 Å². The molecule has 0 heterocycles. The van der Waals surface area contributed by atoms with Crippen LogP contribution in [-0.4, -0.2) is 25.6 Å². The summed E-state index contributed by atoms with van der Waals surface area (Å²) >= 11 is 0. The maximum Gasteiger partial charge on any atom is 0.191 e. The zero-order valence-corrected chi connectivity index (χ0v) is 11.6. The summed E-state index contributed by atoms with van der Waals surface area (Å²) in [6, 6.07) is 3.97. The maximum absolute atomic E-state index is 13.4. The molecule has 0 aliphatic carbocycles. The third-order valence-corrected chi connectivity index (χ3v) is 2.92. The first-order valence-corrected chi connectivity index (χ1v) is 6.48. The van der Waals surface area contributed by atoms with Gasteiger partial charge in [0.2, 0.25) is 0 Å². The Morgan fingerprint density at radius 1 is 1.37 bits per heavy atom. The van der Waals surface area contributed by atoms with E-state index in [2.05, 4.69) is 29.5 Å². The molecule has 1 aromatic rings. The van der Waals surface area contributed by atoms with Gasteiger partial charge < -0.3 is 10.6 Å². The Bertz CT molecular complexity index is 433. The van der Waals surface area contributed by atoms with Gasteiger partial charge in [0.15, 0.2) is 5.96 Å². The summed E-state index contributed by atoms with van der Waals surface area (Å²) in [5.74, 6) is -0.369. The molecule has 0 aliphatic heterocycles. The number of rotatable bonds is 5. The van der Waals surface area contributed by atoms with Crippen molar-refractivity contribution in [2.45, 2.75) is 32.7 Å². The average Bonchev–Trinajstić information content (AvgIpc) is 2.39. The number of halogens is 2. The second-order valence-corrected chi connectivity index (χ2v) is 4.44. The van der Waals surface area contributed by atoms with Crippen LogP contribution in [0.15, 0.2) is 23.2 Å². The van der Waals surface area contributed by atoms with Crippen LogP contribution in [-0.2, 0) is 6.42 Å². The van der Waals surface area contributed by atoms with Gasteiger partial charge in [0.05, 0.1) is 0 Å². The molecular weight excluding hydrogens is 248 g/mol. The molecule has 19 heavy (non-hydrogen) atoms. The van der Waals surface area contributed by atoms with Crippen molar-refractivity contribution in [2.24, 2.45) is 4.99 Å². The van der Waals surface area contributed by atoms with E-state index in [0.717, 1.165) is 12.5 Å². The number of aliphatic imine (C=N–C) groups is 1. The van der Waals surface area contributed by atoms with E-state index in [1.807, 2.05) is 0 Å². The third kappa shape index (κ3) is 5.24. The van der Waals surface area contributed by atoms with Gasteiger partial charge in [0, 0.05) is 25.7 Å². The molecule has 0 saturated carbocycles. The van der Waals surface area contributed by atoms with Crippen molar-refractivity contribution in [1.29, 1.82) is 0 Å². The Morgan fingerprint density at radius 3 is 2.68 bits per heavy atom. The highest BCUT2D eigenvalue weighted by Gasteiger charge is 2.05. The first-order chi connectivity index (χ1) is 9.06. The quantitative estimate of drug-likeness (QED) is 0.636. The predicted octanol–water partition coefficient (Wildman–Crippen LogP) is 2.47. The zero-order valence-electron chi connectivity index (χ0n) is 11.6. The molecule has 0 fully saturated rings. The van der Waals surface area contributed by atoms with Crippen molar-refractivity contribution in [3.05, 3.63) is 35.4 Å². The molecule has 3 nitrogen and oxygen atoms in total. The molecule has 1 atom stereocenters. The van der Waals surface area contributed by atoms with E-state index in [-0.39, 0.29) is 0 Å². The molecule has 5 heteroatoms. The number of hydrogen-bond donors (Lipinski definition) is 2. The van der Waals surface area contributed by atoms with Crippen molar-refractivity contribution in [2.75, 3.05) is 13.6 Å². The Morgan fingerprint density at radius 2 is 2.11 bits per heavy atom. The van der Waals surface area contributed by atoms with Gasteiger partial charge in [-0.05, 0) is 31.4 Å². The second-order valence-electron chi connectivity index (χ2n) is 4.44. The van der Waals surface area contributed by atoms with Crippen LogP contribution in [0.4, 0.5) is 8.78 Å². The highest BCUT2D eigenvalue weighted by molar-refractivity contribution is 5.79. The fourth-order valence-corrected chi connectivity index (χ4v) is 1.57. The van der Waals surface area contributed by atoms with Gasteiger partial charge >= 0.3 is 0 Å². The van der Waals surface area contributed by atoms with Crippen molar-refractivity contribution in [3.63, 3.8) is 0 Å². The van der Waals surface area contributed by atoms with Gasteiger partial charge in [0.1, 0.15) is 11.6 Å². The highest BCUT2D eigenvalue weighted by atomic mass is 19.1. The molecule has 0 radical (unpaired) electrons. The lowest BCUT2D eigenvalue weighted by Crippen LogP contribution is -2.42. The van der Waals surface area contributed by atoms with Gasteiger partial charge in [-0.3, -0.25) is 4.99 Å². The zero-order chi connectivity index (χ0) is 14.3. The van der Waals surface area contributed by atoms with Crippen LogP contribution < -0.4 is 10.6 Å². The van der Waals surface area contributed by atoms with Crippen LogP contribution in [0.2, 0.25) is 0 Å². The van der Waals surface area contributed by atoms with Crippen LogP contribution in [0.1, 0.15) is 25.8 Å². The molecule has 0 bridgehead atoms. The van der Waals surface area contributed by atoms with Gasteiger partial charge in [-0.1, -0.05) is 13.0 Å². The lowest BCUT2D eigenvalue weighted by Gasteiger charge is -2.16. The smallest absolute Gasteiger partial charge is 0.191 e. The minimum Gasteiger partial charge on any atom is -0.356 e. The fraction of sp³-hybridized carbons (Fsp3) is 0.500. The van der Waals surface area contributed by atoms with Crippen LogP contribution in [0.25, 0.3) is 0 Å². The summed E-state index contributed by atoms with van der Waals surface area (Å²) in [6.07, 6.45) is 1.47. The monoisotopic (exact) mass is 269 g/mol. The predicted molar refractivity (Wildman–Crippen MR) is 74.3 cm³/mol. The summed E-state index contributed by atoms with van der Waals surface area (Å²) in [6.45, 7) is 4.68. The molecular formula is C14H21F2N3. The number of nitrogens with one attached hydrogen (secondary N) is 2.